The number of nitrogens with one attached hydrogen (secondary N) is 1. The maximum Gasteiger partial charge on any atom is 0.317 e. The summed E-state index contributed by atoms with van der Waals surface area (Å²) in [4.78, 5) is 24.5. The van der Waals surface area contributed by atoms with Gasteiger partial charge in [-0.2, -0.15) is 23.5 Å². The fraction of sp³-hybridized carbons (Fsp3) is 0.833. The molecular formula is C12H20N2O3S2. The molecule has 2 aliphatic heterocycles. The standard InChI is InChI=1S/C12H20N2O3S2/c15-11(16)9-1-3-14(4-2-9)12(17)13-7-10-8-18-5-6-19-10/h9-10H,1-8H2,(H,13,17)(H,15,16). The van der Waals surface area contributed by atoms with Crippen molar-refractivity contribution in [2.75, 3.05) is 36.9 Å². The van der Waals surface area contributed by atoms with Gasteiger partial charge in [0.15, 0.2) is 0 Å². The van der Waals surface area contributed by atoms with E-state index in [0.29, 0.717) is 31.2 Å². The molecule has 2 fully saturated rings. The van der Waals surface area contributed by atoms with Crippen LogP contribution in [-0.2, 0) is 4.79 Å². The number of aliphatic carboxylic acids is 1. The maximum absolute atomic E-state index is 12.0. The summed E-state index contributed by atoms with van der Waals surface area (Å²) in [6, 6.07) is -0.0417. The number of carbonyl (C=O) groups is 2. The van der Waals surface area contributed by atoms with Gasteiger partial charge in [0.2, 0.25) is 0 Å². The zero-order valence-corrected chi connectivity index (χ0v) is 12.5. The van der Waals surface area contributed by atoms with Gasteiger partial charge >= 0.3 is 12.0 Å². The van der Waals surface area contributed by atoms with Gasteiger partial charge < -0.3 is 15.3 Å². The molecule has 0 radical (unpaired) electrons. The molecule has 2 N–H and O–H groups in total. The van der Waals surface area contributed by atoms with Crippen molar-refractivity contribution < 1.29 is 14.7 Å². The summed E-state index contributed by atoms with van der Waals surface area (Å²) in [7, 11) is 0. The second-order valence-corrected chi connectivity index (χ2v) is 7.41. The highest BCUT2D eigenvalue weighted by Crippen LogP contribution is 2.23. The van der Waals surface area contributed by atoms with Gasteiger partial charge in [0.1, 0.15) is 0 Å². The molecule has 0 saturated carbocycles. The molecule has 2 amide bonds. The second-order valence-electron chi connectivity index (χ2n) is 4.85. The van der Waals surface area contributed by atoms with Crippen LogP contribution in [0.2, 0.25) is 0 Å². The van der Waals surface area contributed by atoms with Crippen LogP contribution in [-0.4, -0.2) is 64.1 Å². The monoisotopic (exact) mass is 304 g/mol. The van der Waals surface area contributed by atoms with Gasteiger partial charge in [0.25, 0.3) is 0 Å². The Bertz CT molecular complexity index is 327. The Morgan fingerprint density at radius 3 is 2.58 bits per heavy atom. The summed E-state index contributed by atoms with van der Waals surface area (Å²) in [6.45, 7) is 1.82. The van der Waals surface area contributed by atoms with E-state index in [1.807, 2.05) is 23.5 Å². The lowest BCUT2D eigenvalue weighted by Crippen LogP contribution is -2.47. The zero-order valence-electron chi connectivity index (χ0n) is 10.8. The third kappa shape index (κ3) is 4.49. The van der Waals surface area contributed by atoms with Crippen molar-refractivity contribution in [1.29, 1.82) is 0 Å². The van der Waals surface area contributed by atoms with E-state index in [1.165, 1.54) is 5.75 Å². The zero-order chi connectivity index (χ0) is 13.7. The SMILES string of the molecule is O=C(O)C1CCN(C(=O)NCC2CSCCS2)CC1. The van der Waals surface area contributed by atoms with Gasteiger partial charge in [-0.25, -0.2) is 4.79 Å². The number of rotatable bonds is 3. The number of carboxylic acid groups (broad SMARTS) is 1. The number of hydrogen-bond acceptors (Lipinski definition) is 4. The molecule has 0 aromatic rings. The quantitative estimate of drug-likeness (QED) is 0.823. The van der Waals surface area contributed by atoms with Crippen LogP contribution < -0.4 is 5.32 Å². The van der Waals surface area contributed by atoms with Crippen LogP contribution in [0.15, 0.2) is 0 Å². The van der Waals surface area contributed by atoms with Crippen molar-refractivity contribution in [3.63, 3.8) is 0 Å². The van der Waals surface area contributed by atoms with E-state index in [0.717, 1.165) is 18.1 Å². The molecule has 7 heteroatoms. The first-order chi connectivity index (χ1) is 9.16. The average molecular weight is 304 g/mol. The van der Waals surface area contributed by atoms with E-state index in [2.05, 4.69) is 5.32 Å². The smallest absolute Gasteiger partial charge is 0.317 e. The number of amides is 2. The Balaban J connectivity index is 1.67. The molecule has 0 spiro atoms. The molecular weight excluding hydrogens is 284 g/mol. The largest absolute Gasteiger partial charge is 0.481 e. The van der Waals surface area contributed by atoms with Crippen LogP contribution in [0.1, 0.15) is 12.8 Å². The normalized spacial score (nSPS) is 25.1. The van der Waals surface area contributed by atoms with Crippen LogP contribution in [0.5, 0.6) is 0 Å². The number of piperidine rings is 1. The minimum atomic E-state index is -0.740. The Hall–Kier alpha value is -0.560. The summed E-state index contributed by atoms with van der Waals surface area (Å²) < 4.78 is 0. The molecule has 1 unspecified atom stereocenters. The first kappa shape index (κ1) is 14.8. The molecule has 0 aliphatic carbocycles. The third-order valence-corrected chi connectivity index (χ3v) is 6.34. The van der Waals surface area contributed by atoms with Crippen LogP contribution in [0.4, 0.5) is 4.79 Å². The predicted octanol–water partition coefficient (Wildman–Crippen LogP) is 1.34. The highest BCUT2D eigenvalue weighted by atomic mass is 32.2. The molecule has 2 heterocycles. The van der Waals surface area contributed by atoms with E-state index >= 15 is 0 Å². The molecule has 19 heavy (non-hydrogen) atoms. The van der Waals surface area contributed by atoms with Crippen LogP contribution >= 0.6 is 23.5 Å². The number of hydrogen-bond donors (Lipinski definition) is 2. The van der Waals surface area contributed by atoms with E-state index in [4.69, 9.17) is 5.11 Å². The van der Waals surface area contributed by atoms with Crippen LogP contribution in [0.25, 0.3) is 0 Å². The summed E-state index contributed by atoms with van der Waals surface area (Å²) in [5.74, 6) is 2.45. The van der Waals surface area contributed by atoms with E-state index in [-0.39, 0.29) is 11.9 Å². The first-order valence-electron chi connectivity index (χ1n) is 6.61. The highest BCUT2D eigenvalue weighted by Gasteiger charge is 2.27. The summed E-state index contributed by atoms with van der Waals surface area (Å²) in [5, 5.41) is 12.4. The van der Waals surface area contributed by atoms with Crippen molar-refractivity contribution in [3.05, 3.63) is 0 Å². The summed E-state index contributed by atoms with van der Waals surface area (Å²) in [5.41, 5.74) is 0. The minimum Gasteiger partial charge on any atom is -0.481 e. The lowest BCUT2D eigenvalue weighted by atomic mass is 9.97. The van der Waals surface area contributed by atoms with Gasteiger partial charge in [-0.15, -0.1) is 0 Å². The molecule has 1 atom stereocenters. The van der Waals surface area contributed by atoms with Gasteiger partial charge in [0.05, 0.1) is 5.92 Å². The highest BCUT2D eigenvalue weighted by molar-refractivity contribution is 8.06. The lowest BCUT2D eigenvalue weighted by molar-refractivity contribution is -0.143. The number of likely N-dealkylation sites (tertiary alicyclic amines) is 1. The molecule has 2 aliphatic rings. The third-order valence-electron chi connectivity index (χ3n) is 3.50. The number of carboxylic acids is 1. The molecule has 0 bridgehead atoms. The van der Waals surface area contributed by atoms with Crippen LogP contribution in [0, 0.1) is 5.92 Å². The van der Waals surface area contributed by atoms with Crippen LogP contribution in [0.3, 0.4) is 0 Å². The first-order valence-corrected chi connectivity index (χ1v) is 8.82. The topological polar surface area (TPSA) is 69.6 Å². The number of carbonyl (C=O) groups excluding carboxylic acids is 1. The second kappa shape index (κ2) is 7.28. The number of thioether (sulfide) groups is 2. The van der Waals surface area contributed by atoms with Crippen molar-refractivity contribution >= 4 is 35.5 Å². The average Bonchev–Trinajstić information content (AvgIpc) is 2.46. The summed E-state index contributed by atoms with van der Waals surface area (Å²) >= 11 is 3.87. The maximum atomic E-state index is 12.0. The molecule has 0 aromatic carbocycles. The summed E-state index contributed by atoms with van der Waals surface area (Å²) in [6.07, 6.45) is 1.13. The van der Waals surface area contributed by atoms with Gasteiger partial charge in [-0.3, -0.25) is 4.79 Å². The van der Waals surface area contributed by atoms with E-state index < -0.39 is 5.97 Å². The van der Waals surface area contributed by atoms with E-state index in [9.17, 15) is 9.59 Å². The van der Waals surface area contributed by atoms with Crippen molar-refractivity contribution in [2.24, 2.45) is 5.92 Å². The van der Waals surface area contributed by atoms with E-state index in [1.54, 1.807) is 4.90 Å². The Morgan fingerprint density at radius 2 is 2.00 bits per heavy atom. The van der Waals surface area contributed by atoms with Gasteiger partial charge in [-0.1, -0.05) is 0 Å². The van der Waals surface area contributed by atoms with Gasteiger partial charge in [-0.05, 0) is 12.8 Å². The fourth-order valence-corrected chi connectivity index (χ4v) is 4.91. The molecule has 0 aromatic heterocycles. The van der Waals surface area contributed by atoms with Crippen molar-refractivity contribution in [1.82, 2.24) is 10.2 Å². The number of nitrogens with zero attached hydrogens (tertiary/aromatic N) is 1. The molecule has 2 rings (SSSR count). The Kier molecular flexibility index (Phi) is 5.69. The molecule has 5 nitrogen and oxygen atoms in total. The minimum absolute atomic E-state index is 0.0417. The Morgan fingerprint density at radius 1 is 1.26 bits per heavy atom. The van der Waals surface area contributed by atoms with Crippen molar-refractivity contribution in [3.8, 4) is 0 Å². The lowest BCUT2D eigenvalue weighted by Gasteiger charge is -2.31. The van der Waals surface area contributed by atoms with Crippen molar-refractivity contribution in [2.45, 2.75) is 18.1 Å². The Labute approximate surface area is 121 Å². The molecule has 2 saturated heterocycles. The number of urea groups is 1. The predicted molar refractivity (Wildman–Crippen MR) is 78.9 cm³/mol. The molecule has 108 valence electrons. The van der Waals surface area contributed by atoms with Gasteiger partial charge in [0, 0.05) is 42.1 Å². The fourth-order valence-electron chi connectivity index (χ4n) is 2.30.